The highest BCUT2D eigenvalue weighted by Gasteiger charge is 2.46. The van der Waals surface area contributed by atoms with Crippen LogP contribution in [0.3, 0.4) is 0 Å². The van der Waals surface area contributed by atoms with Crippen LogP contribution in [0.1, 0.15) is 25.1 Å². The minimum Gasteiger partial charge on any atom is -0.480 e. The second-order valence-electron chi connectivity index (χ2n) is 8.29. The Hall–Kier alpha value is -3.26. The minimum absolute atomic E-state index is 0.0434. The molecule has 1 aliphatic rings. The van der Waals surface area contributed by atoms with Gasteiger partial charge in [0.25, 0.3) is 0 Å². The number of benzene rings is 1. The average Bonchev–Trinajstić information content (AvgIpc) is 2.76. The first-order valence-corrected chi connectivity index (χ1v) is 10.9. The van der Waals surface area contributed by atoms with Crippen molar-refractivity contribution in [3.8, 4) is 11.6 Å². The van der Waals surface area contributed by atoms with Gasteiger partial charge >= 0.3 is 5.97 Å². The van der Waals surface area contributed by atoms with Gasteiger partial charge in [-0.2, -0.15) is 0 Å². The second kappa shape index (κ2) is 8.35. The van der Waals surface area contributed by atoms with E-state index in [-0.39, 0.29) is 12.2 Å². The monoisotopic (exact) mass is 495 g/mol. The quantitative estimate of drug-likeness (QED) is 0.496. The van der Waals surface area contributed by atoms with Crippen LogP contribution < -0.4 is 10.1 Å². The highest BCUT2D eigenvalue weighted by atomic mass is 79.9. The maximum atomic E-state index is 12.0. The first kappa shape index (κ1) is 22.0. The van der Waals surface area contributed by atoms with Gasteiger partial charge in [0.05, 0.1) is 15.3 Å². The van der Waals surface area contributed by atoms with E-state index in [0.29, 0.717) is 21.8 Å². The van der Waals surface area contributed by atoms with Crippen molar-refractivity contribution in [3.05, 3.63) is 70.2 Å². The van der Waals surface area contributed by atoms with Gasteiger partial charge in [-0.3, -0.25) is 9.78 Å². The first-order valence-electron chi connectivity index (χ1n) is 10.1. The average molecular weight is 496 g/mol. The molecule has 3 aromatic rings. The molecule has 1 aromatic carbocycles. The molecule has 2 N–H and O–H groups in total. The fourth-order valence-electron chi connectivity index (χ4n) is 3.64. The molecule has 0 fully saturated rings. The van der Waals surface area contributed by atoms with E-state index in [2.05, 4.69) is 31.2 Å². The van der Waals surface area contributed by atoms with Crippen LogP contribution in [0.15, 0.2) is 59.0 Å². The summed E-state index contributed by atoms with van der Waals surface area (Å²) in [6, 6.07) is 10.2. The number of aliphatic carboxylic acids is 1. The van der Waals surface area contributed by atoms with E-state index in [1.807, 2.05) is 31.2 Å². The number of hydrogen-bond donors (Lipinski definition) is 2. The number of nitrogens with zero attached hydrogens (tertiary/aromatic N) is 2. The zero-order valence-corrected chi connectivity index (χ0v) is 19.4. The molecule has 0 radical (unpaired) electrons. The van der Waals surface area contributed by atoms with E-state index in [9.17, 15) is 14.7 Å². The number of carboxylic acid groups (broad SMARTS) is 1. The van der Waals surface area contributed by atoms with Crippen LogP contribution in [0.25, 0.3) is 10.8 Å². The van der Waals surface area contributed by atoms with Crippen LogP contribution in [0.2, 0.25) is 0 Å². The molecule has 0 bridgehead atoms. The Balaban J connectivity index is 1.50. The van der Waals surface area contributed by atoms with Gasteiger partial charge in [-0.1, -0.05) is 12.1 Å². The normalized spacial score (nSPS) is 15.9. The van der Waals surface area contributed by atoms with Gasteiger partial charge in [0.2, 0.25) is 5.88 Å². The van der Waals surface area contributed by atoms with Crippen molar-refractivity contribution in [2.24, 2.45) is 5.41 Å². The van der Waals surface area contributed by atoms with Crippen LogP contribution in [0, 0.1) is 12.3 Å². The number of pyridine rings is 2. The van der Waals surface area contributed by atoms with Gasteiger partial charge in [-0.25, -0.2) is 9.78 Å². The summed E-state index contributed by atoms with van der Waals surface area (Å²) < 4.78 is 6.40. The molecule has 2 heterocycles. The number of fused-ring (bicyclic) bond motifs is 1. The van der Waals surface area contributed by atoms with Gasteiger partial charge in [-0.15, -0.1) is 0 Å². The fourth-order valence-corrected chi connectivity index (χ4v) is 4.74. The predicted molar refractivity (Wildman–Crippen MR) is 124 cm³/mol. The molecular weight excluding hydrogens is 474 g/mol. The standard InChI is InChI=1S/C24H22BrN3O4/c1-13-10-15-8-9-26-12-17(15)22(27-13)32-16-6-4-14(5-7-16)11-18(23(30)31)28-20-19(25)21(29)24(20,2)3/h4-10,12,18,28H,11H2,1-3H3,(H,30,31)/t18-/m0/s1. The van der Waals surface area contributed by atoms with E-state index in [1.54, 1.807) is 38.4 Å². The van der Waals surface area contributed by atoms with E-state index in [0.717, 1.165) is 22.0 Å². The molecular formula is C24H22BrN3O4. The Kier molecular flexibility index (Phi) is 5.73. The number of hydrogen-bond acceptors (Lipinski definition) is 6. The van der Waals surface area contributed by atoms with Crippen LogP contribution in [0.5, 0.6) is 11.6 Å². The number of allylic oxidation sites excluding steroid dienone is 2. The van der Waals surface area contributed by atoms with Crippen molar-refractivity contribution in [1.82, 2.24) is 15.3 Å². The summed E-state index contributed by atoms with van der Waals surface area (Å²) in [6.07, 6.45) is 3.69. The van der Waals surface area contributed by atoms with Gasteiger partial charge in [0, 0.05) is 30.2 Å². The first-order chi connectivity index (χ1) is 15.2. The van der Waals surface area contributed by atoms with E-state index in [1.165, 1.54) is 0 Å². The number of carbonyl (C=O) groups excluding carboxylic acids is 1. The van der Waals surface area contributed by atoms with Crippen LogP contribution in [-0.2, 0) is 16.0 Å². The number of rotatable bonds is 7. The Morgan fingerprint density at radius 1 is 1.25 bits per heavy atom. The molecule has 2 aromatic heterocycles. The van der Waals surface area contributed by atoms with Crippen LogP contribution >= 0.6 is 15.9 Å². The molecule has 0 spiro atoms. The maximum Gasteiger partial charge on any atom is 0.326 e. The summed E-state index contributed by atoms with van der Waals surface area (Å²) in [5.74, 6) is 0.0296. The van der Waals surface area contributed by atoms with Gasteiger partial charge in [0.15, 0.2) is 5.78 Å². The largest absolute Gasteiger partial charge is 0.480 e. The lowest BCUT2D eigenvalue weighted by Crippen LogP contribution is -2.50. The number of carbonyl (C=O) groups is 2. The summed E-state index contributed by atoms with van der Waals surface area (Å²) in [4.78, 5) is 32.4. The van der Waals surface area contributed by atoms with Crippen molar-refractivity contribution in [2.45, 2.75) is 33.2 Å². The minimum atomic E-state index is -0.990. The van der Waals surface area contributed by atoms with Crippen LogP contribution in [0.4, 0.5) is 0 Å². The molecule has 7 nitrogen and oxygen atoms in total. The van der Waals surface area contributed by atoms with Crippen molar-refractivity contribution in [2.75, 3.05) is 0 Å². The Morgan fingerprint density at radius 3 is 2.62 bits per heavy atom. The summed E-state index contributed by atoms with van der Waals surface area (Å²) in [5, 5.41) is 14.5. The van der Waals surface area contributed by atoms with Crippen molar-refractivity contribution in [3.63, 3.8) is 0 Å². The van der Waals surface area contributed by atoms with Crippen molar-refractivity contribution >= 4 is 38.5 Å². The molecule has 0 saturated carbocycles. The van der Waals surface area contributed by atoms with E-state index in [4.69, 9.17) is 4.74 Å². The van der Waals surface area contributed by atoms with Gasteiger partial charge in [-0.05, 0) is 71.9 Å². The smallest absolute Gasteiger partial charge is 0.326 e. The molecule has 164 valence electrons. The highest BCUT2D eigenvalue weighted by molar-refractivity contribution is 9.12. The van der Waals surface area contributed by atoms with E-state index < -0.39 is 17.4 Å². The van der Waals surface area contributed by atoms with Crippen molar-refractivity contribution < 1.29 is 19.4 Å². The molecule has 0 unspecified atom stereocenters. The zero-order valence-electron chi connectivity index (χ0n) is 17.8. The zero-order chi connectivity index (χ0) is 23.0. The number of halogens is 1. The third-order valence-corrected chi connectivity index (χ3v) is 6.29. The molecule has 4 rings (SSSR count). The number of aromatic nitrogens is 2. The summed E-state index contributed by atoms with van der Waals surface area (Å²) in [5.41, 5.74) is 1.55. The highest BCUT2D eigenvalue weighted by Crippen LogP contribution is 2.43. The molecule has 8 heteroatoms. The molecule has 0 saturated heterocycles. The van der Waals surface area contributed by atoms with Gasteiger partial charge in [0.1, 0.15) is 11.8 Å². The van der Waals surface area contributed by atoms with Crippen LogP contribution in [-0.4, -0.2) is 32.9 Å². The Morgan fingerprint density at radius 2 is 1.97 bits per heavy atom. The predicted octanol–water partition coefficient (Wildman–Crippen LogP) is 4.53. The second-order valence-corrected chi connectivity index (χ2v) is 9.09. The SMILES string of the molecule is Cc1cc2ccncc2c(Oc2ccc(C[C@H](NC3=C(Br)C(=O)C3(C)C)C(=O)O)cc2)n1. The molecule has 1 atom stereocenters. The maximum absolute atomic E-state index is 12.0. The molecule has 1 aliphatic carbocycles. The summed E-state index contributed by atoms with van der Waals surface area (Å²) >= 11 is 3.24. The van der Waals surface area contributed by atoms with E-state index >= 15 is 0 Å². The molecule has 32 heavy (non-hydrogen) atoms. The lowest BCUT2D eigenvalue weighted by atomic mass is 9.74. The Labute approximate surface area is 193 Å². The number of ketones is 1. The number of carboxylic acids is 1. The number of Topliss-reactive ketones (excluding diaryl/α,β-unsaturated/α-hetero) is 1. The lowest BCUT2D eigenvalue weighted by molar-refractivity contribution is -0.139. The third-order valence-electron chi connectivity index (χ3n) is 5.53. The number of nitrogens with one attached hydrogen (secondary N) is 1. The summed E-state index contributed by atoms with van der Waals surface area (Å²) in [7, 11) is 0. The third kappa shape index (κ3) is 4.10. The number of ether oxygens (including phenoxy) is 1. The van der Waals surface area contributed by atoms with Crippen molar-refractivity contribution in [1.29, 1.82) is 0 Å². The molecule has 0 aliphatic heterocycles. The molecule has 0 amide bonds. The Bertz CT molecular complexity index is 1250. The summed E-state index contributed by atoms with van der Waals surface area (Å²) in [6.45, 7) is 5.44. The number of aryl methyl sites for hydroxylation is 1. The topological polar surface area (TPSA) is 101 Å². The lowest BCUT2D eigenvalue weighted by Gasteiger charge is -2.38. The van der Waals surface area contributed by atoms with Gasteiger partial charge < -0.3 is 15.2 Å². The fraction of sp³-hybridized carbons (Fsp3) is 0.250.